The van der Waals surface area contributed by atoms with Gasteiger partial charge < -0.3 is 0 Å². The van der Waals surface area contributed by atoms with Crippen LogP contribution in [0, 0.1) is 5.92 Å². The molecule has 5 rings (SSSR count). The number of H-pyrrole nitrogens is 1. The van der Waals surface area contributed by atoms with E-state index < -0.39 is 0 Å². The van der Waals surface area contributed by atoms with Crippen molar-refractivity contribution >= 4 is 0 Å². The van der Waals surface area contributed by atoms with E-state index in [0.717, 1.165) is 60.1 Å². The van der Waals surface area contributed by atoms with Gasteiger partial charge in [-0.3, -0.25) is 14.1 Å². The van der Waals surface area contributed by atoms with Crippen LogP contribution in [0.25, 0.3) is 22.5 Å². The highest BCUT2D eigenvalue weighted by atomic mass is 16.1. The normalized spacial score (nSPS) is 17.9. The van der Waals surface area contributed by atoms with E-state index in [0.29, 0.717) is 24.3 Å². The summed E-state index contributed by atoms with van der Waals surface area (Å²) in [5, 5.41) is 14.3. The number of nitrogens with one attached hydrogen (secondary N) is 1. The quantitative estimate of drug-likeness (QED) is 0.341. The Morgan fingerprint density at radius 2 is 1.86 bits per heavy atom. The predicted molar refractivity (Wildman–Crippen MR) is 141 cm³/mol. The fourth-order valence-corrected chi connectivity index (χ4v) is 5.63. The van der Waals surface area contributed by atoms with Gasteiger partial charge >= 0.3 is 5.69 Å². The molecule has 8 nitrogen and oxygen atoms in total. The van der Waals surface area contributed by atoms with Crippen LogP contribution < -0.4 is 5.69 Å². The molecule has 0 aliphatic heterocycles. The minimum absolute atomic E-state index is 0.119. The molecule has 2 unspecified atom stereocenters. The van der Waals surface area contributed by atoms with Crippen LogP contribution in [0.5, 0.6) is 0 Å². The van der Waals surface area contributed by atoms with Gasteiger partial charge in [-0.05, 0) is 59.6 Å². The molecule has 188 valence electrons. The molecule has 3 heterocycles. The van der Waals surface area contributed by atoms with Gasteiger partial charge in [0.25, 0.3) is 0 Å². The van der Waals surface area contributed by atoms with E-state index in [9.17, 15) is 4.79 Å². The molecule has 1 aromatic carbocycles. The highest BCUT2D eigenvalue weighted by molar-refractivity contribution is 5.69. The van der Waals surface area contributed by atoms with Crippen LogP contribution in [0.3, 0.4) is 0 Å². The Labute approximate surface area is 211 Å². The predicted octanol–water partition coefficient (Wildman–Crippen LogP) is 5.42. The highest BCUT2D eigenvalue weighted by Gasteiger charge is 2.28. The van der Waals surface area contributed by atoms with Crippen molar-refractivity contribution in [2.24, 2.45) is 5.92 Å². The number of nitrogens with zero attached hydrogens (tertiary/aromatic N) is 6. The SMILES string of the molecule is CCCCc1cn(C2CCCCC2CC)c(=O)n1Cc1cnccc1-c1ccc(-c2nn[nH]n2)cc1. The molecule has 1 saturated carbocycles. The van der Waals surface area contributed by atoms with Crippen molar-refractivity contribution in [3.63, 3.8) is 0 Å². The van der Waals surface area contributed by atoms with Crippen molar-refractivity contribution in [2.75, 3.05) is 0 Å². The van der Waals surface area contributed by atoms with Crippen molar-refractivity contribution in [1.29, 1.82) is 0 Å². The molecular weight excluding hydrogens is 450 g/mol. The van der Waals surface area contributed by atoms with E-state index in [1.807, 2.05) is 35.2 Å². The summed E-state index contributed by atoms with van der Waals surface area (Å²) in [6, 6.07) is 10.4. The summed E-state index contributed by atoms with van der Waals surface area (Å²) in [4.78, 5) is 18.2. The van der Waals surface area contributed by atoms with Crippen LogP contribution in [0.2, 0.25) is 0 Å². The first kappa shape index (κ1) is 24.2. The molecule has 4 aromatic rings. The maximum atomic E-state index is 13.8. The van der Waals surface area contributed by atoms with Crippen LogP contribution in [0.1, 0.15) is 76.1 Å². The Morgan fingerprint density at radius 3 is 2.61 bits per heavy atom. The first-order valence-electron chi connectivity index (χ1n) is 13.3. The summed E-state index contributed by atoms with van der Waals surface area (Å²) in [6.45, 7) is 4.98. The van der Waals surface area contributed by atoms with E-state index >= 15 is 0 Å². The molecule has 3 aromatic heterocycles. The molecule has 1 aliphatic rings. The largest absolute Gasteiger partial charge is 0.328 e. The fourth-order valence-electron chi connectivity index (χ4n) is 5.63. The number of pyridine rings is 1. The maximum absolute atomic E-state index is 13.8. The van der Waals surface area contributed by atoms with Gasteiger partial charge in [-0.25, -0.2) is 4.79 Å². The number of unbranched alkanes of at least 4 members (excludes halogenated alkanes) is 1. The van der Waals surface area contributed by atoms with Gasteiger partial charge in [-0.15, -0.1) is 10.2 Å². The molecule has 0 radical (unpaired) electrons. The first-order chi connectivity index (χ1) is 17.7. The summed E-state index contributed by atoms with van der Waals surface area (Å²) in [5.74, 6) is 1.15. The molecule has 1 fully saturated rings. The van der Waals surface area contributed by atoms with Crippen molar-refractivity contribution in [1.82, 2.24) is 34.7 Å². The molecular formula is C28H35N7O. The minimum Gasteiger partial charge on any atom is -0.296 e. The molecule has 0 amide bonds. The topological polar surface area (TPSA) is 94.3 Å². The third kappa shape index (κ3) is 4.90. The van der Waals surface area contributed by atoms with Crippen LogP contribution in [0.4, 0.5) is 0 Å². The Morgan fingerprint density at radius 1 is 1.06 bits per heavy atom. The number of hydrogen-bond acceptors (Lipinski definition) is 5. The van der Waals surface area contributed by atoms with Gasteiger partial charge in [-0.2, -0.15) is 5.21 Å². The molecule has 36 heavy (non-hydrogen) atoms. The third-order valence-electron chi connectivity index (χ3n) is 7.66. The van der Waals surface area contributed by atoms with Gasteiger partial charge in [0.2, 0.25) is 5.82 Å². The summed E-state index contributed by atoms with van der Waals surface area (Å²) in [7, 11) is 0. The minimum atomic E-state index is 0.119. The Balaban J connectivity index is 1.49. The monoisotopic (exact) mass is 485 g/mol. The second kappa shape index (κ2) is 11.0. The van der Waals surface area contributed by atoms with Gasteiger partial charge in [-0.1, -0.05) is 63.8 Å². The number of aromatic amines is 1. The van der Waals surface area contributed by atoms with E-state index in [2.05, 4.69) is 62.4 Å². The lowest BCUT2D eigenvalue weighted by Gasteiger charge is -2.31. The Kier molecular flexibility index (Phi) is 7.39. The summed E-state index contributed by atoms with van der Waals surface area (Å²) in [6.07, 6.45) is 14.9. The number of aryl methyl sites for hydroxylation is 1. The second-order valence-electron chi connectivity index (χ2n) is 9.87. The summed E-state index contributed by atoms with van der Waals surface area (Å²) < 4.78 is 4.05. The average Bonchev–Trinajstić information content (AvgIpc) is 3.57. The fraction of sp³-hybridized carbons (Fsp3) is 0.464. The zero-order valence-electron chi connectivity index (χ0n) is 21.2. The first-order valence-corrected chi connectivity index (χ1v) is 13.3. The maximum Gasteiger partial charge on any atom is 0.328 e. The lowest BCUT2D eigenvalue weighted by atomic mass is 9.83. The lowest BCUT2D eigenvalue weighted by Crippen LogP contribution is -2.33. The molecule has 1 aliphatic carbocycles. The van der Waals surface area contributed by atoms with E-state index in [-0.39, 0.29) is 5.69 Å². The van der Waals surface area contributed by atoms with E-state index in [1.165, 1.54) is 19.3 Å². The third-order valence-corrected chi connectivity index (χ3v) is 7.66. The van der Waals surface area contributed by atoms with Crippen LogP contribution >= 0.6 is 0 Å². The molecule has 2 atom stereocenters. The van der Waals surface area contributed by atoms with Crippen LogP contribution in [0.15, 0.2) is 53.7 Å². The molecule has 0 bridgehead atoms. The average molecular weight is 486 g/mol. The van der Waals surface area contributed by atoms with Crippen LogP contribution in [-0.4, -0.2) is 34.7 Å². The number of hydrogen-bond donors (Lipinski definition) is 1. The van der Waals surface area contributed by atoms with Crippen molar-refractivity contribution in [3.05, 3.63) is 70.7 Å². The smallest absolute Gasteiger partial charge is 0.296 e. The number of rotatable bonds is 9. The highest BCUT2D eigenvalue weighted by Crippen LogP contribution is 2.35. The standard InChI is InChI=1S/C28H35N7O/c1-3-5-9-24-19-35(26-10-7-6-8-20(26)4-2)28(36)34(24)18-23-17-29-16-15-25(23)21-11-13-22(14-12-21)27-30-32-33-31-27/h11-17,19-20,26H,3-10,18H2,1-2H3,(H,30,31,32,33). The number of imidazole rings is 1. The van der Waals surface area contributed by atoms with Gasteiger partial charge in [0, 0.05) is 35.9 Å². The Bertz CT molecular complexity index is 1320. The molecule has 1 N–H and O–H groups in total. The van der Waals surface area contributed by atoms with Crippen molar-refractivity contribution in [2.45, 2.75) is 77.8 Å². The van der Waals surface area contributed by atoms with Gasteiger partial charge in [0.15, 0.2) is 0 Å². The number of tetrazole rings is 1. The van der Waals surface area contributed by atoms with Crippen molar-refractivity contribution in [3.8, 4) is 22.5 Å². The second-order valence-corrected chi connectivity index (χ2v) is 9.87. The van der Waals surface area contributed by atoms with Gasteiger partial charge in [0.05, 0.1) is 6.54 Å². The van der Waals surface area contributed by atoms with E-state index in [1.54, 1.807) is 0 Å². The zero-order valence-corrected chi connectivity index (χ0v) is 21.2. The Hall–Kier alpha value is -3.55. The number of benzene rings is 1. The van der Waals surface area contributed by atoms with Crippen molar-refractivity contribution < 1.29 is 0 Å². The molecule has 0 spiro atoms. The molecule has 8 heteroatoms. The molecule has 0 saturated heterocycles. The van der Waals surface area contributed by atoms with Crippen LogP contribution in [-0.2, 0) is 13.0 Å². The number of aromatic nitrogens is 7. The zero-order chi connectivity index (χ0) is 24.9. The summed E-state index contributed by atoms with van der Waals surface area (Å²) >= 11 is 0. The summed E-state index contributed by atoms with van der Waals surface area (Å²) in [5.41, 5.74) is 5.34. The van der Waals surface area contributed by atoms with E-state index in [4.69, 9.17) is 0 Å². The van der Waals surface area contributed by atoms with Gasteiger partial charge in [0.1, 0.15) is 0 Å². The lowest BCUT2D eigenvalue weighted by molar-refractivity contribution is 0.227.